The minimum absolute atomic E-state index is 0.0103. The number of para-hydroxylation sites is 1. The summed E-state index contributed by atoms with van der Waals surface area (Å²) in [6.07, 6.45) is 3.02. The van der Waals surface area contributed by atoms with Crippen molar-refractivity contribution in [2.24, 2.45) is 11.8 Å². The molecule has 0 saturated carbocycles. The van der Waals surface area contributed by atoms with Gasteiger partial charge < -0.3 is 24.8 Å². The van der Waals surface area contributed by atoms with Crippen LogP contribution in [0.4, 0.5) is 5.69 Å². The second kappa shape index (κ2) is 12.1. The van der Waals surface area contributed by atoms with Gasteiger partial charge in [0.1, 0.15) is 24.9 Å². The highest BCUT2D eigenvalue weighted by molar-refractivity contribution is 7.96. The molecule has 1 aromatic carbocycles. The van der Waals surface area contributed by atoms with Crippen molar-refractivity contribution in [3.63, 3.8) is 0 Å². The number of esters is 2. The first-order valence-corrected chi connectivity index (χ1v) is 10.3. The number of anilines is 1. The maximum atomic E-state index is 12.9. The van der Waals surface area contributed by atoms with E-state index in [0.717, 1.165) is 0 Å². The van der Waals surface area contributed by atoms with Crippen LogP contribution >= 0.6 is 12.6 Å². The fourth-order valence-corrected chi connectivity index (χ4v) is 3.68. The lowest BCUT2D eigenvalue weighted by Crippen LogP contribution is -2.36. The summed E-state index contributed by atoms with van der Waals surface area (Å²) >= 11 is 3.81. The standard InChI is InChI=1S/C22H26N2O7S/c1-4-9-30-20(26)14-7-6-8-16(29-3)18(14)24-19(25)15-11-13(12-23-15)17(22(28)32)21(27)31-10-5-2/h4-8,13,15,17,23H,1-2,9-12H2,3H3,(H,24,25)(H,28,32)/t13-,15?,17+/m1/s1. The van der Waals surface area contributed by atoms with Gasteiger partial charge in [0, 0.05) is 6.54 Å². The van der Waals surface area contributed by atoms with Gasteiger partial charge in [0.15, 0.2) is 5.12 Å². The van der Waals surface area contributed by atoms with Crippen molar-refractivity contribution < 1.29 is 33.4 Å². The van der Waals surface area contributed by atoms with Crippen LogP contribution in [0.25, 0.3) is 0 Å². The number of carbonyl (C=O) groups excluding carboxylic acids is 4. The van der Waals surface area contributed by atoms with E-state index in [1.807, 2.05) is 0 Å². The number of methoxy groups -OCH3 is 1. The molecule has 0 spiro atoms. The van der Waals surface area contributed by atoms with Crippen molar-refractivity contribution in [3.8, 4) is 5.75 Å². The maximum Gasteiger partial charge on any atom is 0.340 e. The highest BCUT2D eigenvalue weighted by Crippen LogP contribution is 2.31. The maximum absolute atomic E-state index is 12.9. The summed E-state index contributed by atoms with van der Waals surface area (Å²) in [5.41, 5.74) is 0.275. The Morgan fingerprint density at radius 2 is 1.91 bits per heavy atom. The van der Waals surface area contributed by atoms with Crippen molar-refractivity contribution in [1.29, 1.82) is 0 Å². The van der Waals surface area contributed by atoms with E-state index >= 15 is 0 Å². The number of amides is 1. The molecule has 9 nitrogen and oxygen atoms in total. The predicted octanol–water partition coefficient (Wildman–Crippen LogP) is 1.76. The zero-order valence-corrected chi connectivity index (χ0v) is 18.6. The number of nitrogens with one attached hydrogen (secondary N) is 2. The van der Waals surface area contributed by atoms with E-state index in [4.69, 9.17) is 14.2 Å². The molecule has 1 aromatic rings. The van der Waals surface area contributed by atoms with Gasteiger partial charge in [-0.05, 0) is 24.5 Å². The quantitative estimate of drug-likeness (QED) is 0.197. The largest absolute Gasteiger partial charge is 0.495 e. The molecule has 1 fully saturated rings. The topological polar surface area (TPSA) is 120 Å². The van der Waals surface area contributed by atoms with E-state index in [1.54, 1.807) is 12.1 Å². The third-order valence-corrected chi connectivity index (χ3v) is 5.14. The lowest BCUT2D eigenvalue weighted by molar-refractivity contribution is -0.151. The molecule has 1 heterocycles. The molecule has 1 saturated heterocycles. The van der Waals surface area contributed by atoms with Crippen LogP contribution in [-0.2, 0) is 23.9 Å². The molecule has 0 aliphatic carbocycles. The Morgan fingerprint density at radius 1 is 1.22 bits per heavy atom. The van der Waals surface area contributed by atoms with E-state index in [9.17, 15) is 19.2 Å². The summed E-state index contributed by atoms with van der Waals surface area (Å²) in [6.45, 7) is 7.18. The highest BCUT2D eigenvalue weighted by atomic mass is 32.1. The van der Waals surface area contributed by atoms with Crippen LogP contribution in [0.3, 0.4) is 0 Å². The number of ether oxygens (including phenoxy) is 3. The lowest BCUT2D eigenvalue weighted by Gasteiger charge is -2.18. The van der Waals surface area contributed by atoms with Crippen LogP contribution in [0.15, 0.2) is 43.5 Å². The molecule has 3 atom stereocenters. The molecular formula is C22H26N2O7S. The van der Waals surface area contributed by atoms with Crippen molar-refractivity contribution in [3.05, 3.63) is 49.1 Å². The first-order chi connectivity index (χ1) is 15.3. The van der Waals surface area contributed by atoms with Crippen LogP contribution in [-0.4, -0.2) is 55.9 Å². The molecule has 0 radical (unpaired) electrons. The second-order valence-electron chi connectivity index (χ2n) is 6.95. The average molecular weight is 463 g/mol. The van der Waals surface area contributed by atoms with Gasteiger partial charge in [0.25, 0.3) is 0 Å². The summed E-state index contributed by atoms with van der Waals surface area (Å²) in [5.74, 6) is -3.14. The minimum Gasteiger partial charge on any atom is -0.495 e. The number of carbonyl (C=O) groups is 4. The van der Waals surface area contributed by atoms with Gasteiger partial charge >= 0.3 is 11.9 Å². The normalized spacial score (nSPS) is 18.2. The predicted molar refractivity (Wildman–Crippen MR) is 121 cm³/mol. The molecule has 32 heavy (non-hydrogen) atoms. The van der Waals surface area contributed by atoms with Gasteiger partial charge in [-0.15, -0.1) is 12.6 Å². The van der Waals surface area contributed by atoms with E-state index in [1.165, 1.54) is 25.3 Å². The average Bonchev–Trinajstić information content (AvgIpc) is 3.25. The van der Waals surface area contributed by atoms with Gasteiger partial charge in [-0.25, -0.2) is 4.79 Å². The molecule has 1 amide bonds. The summed E-state index contributed by atoms with van der Waals surface area (Å²) < 4.78 is 15.3. The Hall–Kier alpha value is -3.11. The fraction of sp³-hybridized carbons (Fsp3) is 0.364. The van der Waals surface area contributed by atoms with Gasteiger partial charge in [0.05, 0.1) is 24.4 Å². The zero-order valence-electron chi connectivity index (χ0n) is 17.7. The van der Waals surface area contributed by atoms with Gasteiger partial charge in [-0.2, -0.15) is 0 Å². The van der Waals surface area contributed by atoms with E-state index < -0.39 is 40.8 Å². The number of benzene rings is 1. The number of thiol groups is 1. The summed E-state index contributed by atoms with van der Waals surface area (Å²) in [6, 6.07) is 3.97. The molecule has 1 aliphatic rings. The molecule has 1 unspecified atom stereocenters. The second-order valence-corrected chi connectivity index (χ2v) is 7.39. The van der Waals surface area contributed by atoms with E-state index in [2.05, 4.69) is 36.4 Å². The smallest absolute Gasteiger partial charge is 0.340 e. The fourth-order valence-electron chi connectivity index (χ4n) is 3.37. The van der Waals surface area contributed by atoms with Crippen LogP contribution in [0, 0.1) is 11.8 Å². The van der Waals surface area contributed by atoms with Gasteiger partial charge in [0.2, 0.25) is 5.91 Å². The molecule has 172 valence electrons. The number of rotatable bonds is 11. The number of hydrogen-bond acceptors (Lipinski definition) is 8. The molecule has 2 rings (SSSR count). The number of hydrogen-bond donors (Lipinski definition) is 3. The van der Waals surface area contributed by atoms with Crippen LogP contribution in [0.2, 0.25) is 0 Å². The SMILES string of the molecule is C=CCOC(=O)c1cccc(OC)c1NC(=O)C1C[C@@H]([C@H](C(=O)S)C(=O)OCC=C)CN1. The van der Waals surface area contributed by atoms with Crippen molar-refractivity contribution in [2.45, 2.75) is 12.5 Å². The Bertz CT molecular complexity index is 902. The lowest BCUT2D eigenvalue weighted by atomic mass is 9.90. The Kier molecular flexibility index (Phi) is 9.48. The van der Waals surface area contributed by atoms with Crippen molar-refractivity contribution >= 4 is 41.3 Å². The molecule has 1 aliphatic heterocycles. The monoisotopic (exact) mass is 462 g/mol. The first-order valence-electron chi connectivity index (χ1n) is 9.83. The van der Waals surface area contributed by atoms with Crippen LogP contribution < -0.4 is 15.4 Å². The summed E-state index contributed by atoms with van der Waals surface area (Å²) in [4.78, 5) is 49.5. The Labute approximate surface area is 191 Å². The molecular weight excluding hydrogens is 436 g/mol. The molecule has 10 heteroatoms. The van der Waals surface area contributed by atoms with Crippen LogP contribution in [0.1, 0.15) is 16.8 Å². The van der Waals surface area contributed by atoms with Gasteiger partial charge in [-0.3, -0.25) is 14.4 Å². The molecule has 0 aromatic heterocycles. The Morgan fingerprint density at radius 3 is 2.53 bits per heavy atom. The van der Waals surface area contributed by atoms with E-state index in [-0.39, 0.29) is 43.2 Å². The first kappa shape index (κ1) is 25.2. The third kappa shape index (κ3) is 6.21. The third-order valence-electron chi connectivity index (χ3n) is 4.86. The van der Waals surface area contributed by atoms with Crippen molar-refractivity contribution in [1.82, 2.24) is 5.32 Å². The Balaban J connectivity index is 2.16. The highest BCUT2D eigenvalue weighted by Gasteiger charge is 2.41. The molecule has 2 N–H and O–H groups in total. The van der Waals surface area contributed by atoms with Crippen molar-refractivity contribution in [2.75, 3.05) is 32.2 Å². The van der Waals surface area contributed by atoms with E-state index in [0.29, 0.717) is 0 Å². The summed E-state index contributed by atoms with van der Waals surface area (Å²) in [5, 5.41) is 5.06. The minimum atomic E-state index is -1.11. The zero-order chi connectivity index (χ0) is 23.7. The van der Waals surface area contributed by atoms with Gasteiger partial charge in [-0.1, -0.05) is 31.4 Å². The molecule has 0 bridgehead atoms. The van der Waals surface area contributed by atoms with Crippen LogP contribution in [0.5, 0.6) is 5.75 Å². The summed E-state index contributed by atoms with van der Waals surface area (Å²) in [7, 11) is 1.41.